The highest BCUT2D eigenvalue weighted by Crippen LogP contribution is 2.54. The topological polar surface area (TPSA) is 4.93 Å². The fraction of sp³-hybridized carbons (Fsp3) is 0.0400. The molecule has 0 amide bonds. The number of hydrogen-bond donors (Lipinski definition) is 0. The predicted octanol–water partition coefficient (Wildman–Crippen LogP) is 13.7. The van der Waals surface area contributed by atoms with Gasteiger partial charge in [0.05, 0.1) is 22.3 Å². The quantitative estimate of drug-likeness (QED) is 0.165. The number of rotatable bonds is 6. The minimum Gasteiger partial charge on any atom is -0.309 e. The number of aromatic nitrogens is 1. The third-order valence-electron chi connectivity index (χ3n) is 11.0. The molecule has 2 heteroatoms. The van der Waals surface area contributed by atoms with Crippen molar-refractivity contribution in [2.45, 2.75) is 12.3 Å². The minimum atomic E-state index is -0.524. The van der Waals surface area contributed by atoms with Gasteiger partial charge in [0.25, 0.3) is 0 Å². The van der Waals surface area contributed by atoms with Crippen molar-refractivity contribution in [3.8, 4) is 27.9 Å². The van der Waals surface area contributed by atoms with Crippen LogP contribution in [0.25, 0.3) is 71.2 Å². The summed E-state index contributed by atoms with van der Waals surface area (Å²) in [5.74, 6) is 0. The Balaban J connectivity index is 1.12. The van der Waals surface area contributed by atoms with Crippen molar-refractivity contribution in [3.05, 3.63) is 210 Å². The summed E-state index contributed by atoms with van der Waals surface area (Å²) in [6, 6.07) is 60.7. The van der Waals surface area contributed by atoms with Crippen molar-refractivity contribution < 1.29 is 0 Å². The number of allylic oxidation sites excluding steroid dienone is 1. The lowest BCUT2D eigenvalue weighted by molar-refractivity contribution is 0.724. The van der Waals surface area contributed by atoms with Gasteiger partial charge in [0.2, 0.25) is 0 Å². The van der Waals surface area contributed by atoms with E-state index in [1.54, 1.807) is 0 Å². The summed E-state index contributed by atoms with van der Waals surface area (Å²) in [4.78, 5) is 0. The van der Waals surface area contributed by atoms with E-state index < -0.39 is 5.41 Å². The largest absolute Gasteiger partial charge is 0.309 e. The summed E-state index contributed by atoms with van der Waals surface area (Å²) in [7, 11) is 0. The molecular weight excluding hydrogens is 647 g/mol. The third kappa shape index (κ3) is 4.35. The van der Waals surface area contributed by atoms with Crippen LogP contribution in [0.15, 0.2) is 176 Å². The third-order valence-corrected chi connectivity index (χ3v) is 12.2. The van der Waals surface area contributed by atoms with Crippen LogP contribution in [0.2, 0.25) is 0 Å². The summed E-state index contributed by atoms with van der Waals surface area (Å²) in [5.41, 5.74) is 14.2. The molecule has 1 unspecified atom stereocenters. The van der Waals surface area contributed by atoms with Gasteiger partial charge in [-0.1, -0.05) is 158 Å². The Morgan fingerprint density at radius 3 is 1.90 bits per heavy atom. The molecule has 0 spiro atoms. The van der Waals surface area contributed by atoms with Gasteiger partial charge in [-0.05, 0) is 81.8 Å². The molecule has 1 aliphatic rings. The highest BCUT2D eigenvalue weighted by atomic mass is 32.1. The fourth-order valence-corrected chi connectivity index (χ4v) is 9.84. The van der Waals surface area contributed by atoms with E-state index in [4.69, 9.17) is 0 Å². The summed E-state index contributed by atoms with van der Waals surface area (Å²) < 4.78 is 5.10. The standard InChI is InChI=1S/C50H35NS/c1-3-13-39-41-17-12-19-44-49(41)51(45(39)4-2)46-20-10-9-18-43(46)50(44,37-14-6-5-7-15-37)38-29-26-34(27-30-38)33-22-24-35(25-23-33)36-28-31-48-42(32-36)40-16-8-11-21-47(40)52-48/h3-32H,2H2,1H3/b13-3-. The summed E-state index contributed by atoms with van der Waals surface area (Å²) in [6.45, 7) is 6.37. The van der Waals surface area contributed by atoms with Crippen molar-refractivity contribution in [1.82, 2.24) is 4.57 Å². The zero-order chi connectivity index (χ0) is 34.8. The lowest BCUT2D eigenvalue weighted by Gasteiger charge is -2.42. The van der Waals surface area contributed by atoms with Gasteiger partial charge in [0, 0.05) is 31.1 Å². The molecular formula is C50H35NS. The van der Waals surface area contributed by atoms with E-state index in [1.165, 1.54) is 86.8 Å². The fourth-order valence-electron chi connectivity index (χ4n) is 8.76. The maximum absolute atomic E-state index is 4.28. The molecule has 0 fully saturated rings. The first kappa shape index (κ1) is 30.6. The first-order valence-electron chi connectivity index (χ1n) is 17.9. The number of hydrogen-bond acceptors (Lipinski definition) is 1. The number of fused-ring (bicyclic) bond motifs is 5. The zero-order valence-electron chi connectivity index (χ0n) is 28.9. The molecule has 1 atom stereocenters. The van der Waals surface area contributed by atoms with E-state index in [1.807, 2.05) is 17.4 Å². The van der Waals surface area contributed by atoms with Gasteiger partial charge < -0.3 is 4.57 Å². The van der Waals surface area contributed by atoms with Crippen LogP contribution in [0, 0.1) is 0 Å². The maximum Gasteiger partial charge on any atom is 0.0742 e. The first-order chi connectivity index (χ1) is 25.7. The minimum absolute atomic E-state index is 0.524. The normalized spacial score (nSPS) is 15.1. The molecule has 0 saturated heterocycles. The molecule has 1 aliphatic heterocycles. The number of thiophene rings is 1. The van der Waals surface area contributed by atoms with Gasteiger partial charge in [-0.2, -0.15) is 0 Å². The molecule has 246 valence electrons. The molecule has 0 N–H and O–H groups in total. The molecule has 0 bridgehead atoms. The van der Waals surface area contributed by atoms with Crippen molar-refractivity contribution in [2.75, 3.05) is 0 Å². The molecule has 2 aromatic heterocycles. The highest BCUT2D eigenvalue weighted by Gasteiger charge is 2.45. The Kier molecular flexibility index (Phi) is 7.02. The van der Waals surface area contributed by atoms with E-state index in [0.29, 0.717) is 0 Å². The van der Waals surface area contributed by atoms with E-state index >= 15 is 0 Å². The Morgan fingerprint density at radius 2 is 1.13 bits per heavy atom. The molecule has 0 aliphatic carbocycles. The number of benzene rings is 7. The van der Waals surface area contributed by atoms with Gasteiger partial charge in [-0.3, -0.25) is 0 Å². The van der Waals surface area contributed by atoms with Crippen molar-refractivity contribution >= 4 is 54.6 Å². The van der Waals surface area contributed by atoms with Crippen LogP contribution in [0.5, 0.6) is 0 Å². The maximum atomic E-state index is 4.28. The van der Waals surface area contributed by atoms with Crippen LogP contribution >= 0.6 is 11.3 Å². The molecule has 1 nitrogen and oxygen atoms in total. The average Bonchev–Trinajstić information content (AvgIpc) is 3.75. The predicted molar refractivity (Wildman–Crippen MR) is 224 cm³/mol. The van der Waals surface area contributed by atoms with Crippen LogP contribution in [0.1, 0.15) is 40.4 Å². The van der Waals surface area contributed by atoms with Gasteiger partial charge in [0.1, 0.15) is 0 Å². The molecule has 7 aromatic carbocycles. The molecule has 0 saturated carbocycles. The highest BCUT2D eigenvalue weighted by molar-refractivity contribution is 7.25. The lowest BCUT2D eigenvalue weighted by Crippen LogP contribution is -2.35. The van der Waals surface area contributed by atoms with Gasteiger partial charge >= 0.3 is 0 Å². The van der Waals surface area contributed by atoms with Crippen LogP contribution < -0.4 is 0 Å². The first-order valence-corrected chi connectivity index (χ1v) is 18.7. The molecule has 0 radical (unpaired) electrons. The Morgan fingerprint density at radius 1 is 0.538 bits per heavy atom. The number of nitrogens with zero attached hydrogens (tertiary/aromatic N) is 1. The molecule has 10 rings (SSSR count). The number of para-hydroxylation sites is 2. The summed E-state index contributed by atoms with van der Waals surface area (Å²) in [6.07, 6.45) is 6.36. The van der Waals surface area contributed by atoms with Crippen molar-refractivity contribution in [1.29, 1.82) is 0 Å². The smallest absolute Gasteiger partial charge is 0.0742 e. The SMILES string of the molecule is C=Cc1c(/C=C\C)c2cccc3c2n1-c1ccccc1C3(c1ccccc1)c1ccc(-c2ccc(-c3ccc4sc5ccccc5c4c3)cc2)cc1. The Hall–Kier alpha value is -6.22. The van der Waals surface area contributed by atoms with Gasteiger partial charge in [0.15, 0.2) is 0 Å². The summed E-state index contributed by atoms with van der Waals surface area (Å²) >= 11 is 1.86. The average molecular weight is 682 g/mol. The van der Waals surface area contributed by atoms with E-state index in [2.05, 4.69) is 194 Å². The van der Waals surface area contributed by atoms with Crippen LogP contribution in [-0.4, -0.2) is 4.57 Å². The Labute approximate surface area is 308 Å². The van der Waals surface area contributed by atoms with E-state index in [-0.39, 0.29) is 0 Å². The second kappa shape index (κ2) is 11.9. The van der Waals surface area contributed by atoms with E-state index in [0.717, 1.165) is 5.69 Å². The second-order valence-corrected chi connectivity index (χ2v) is 14.7. The van der Waals surface area contributed by atoms with Gasteiger partial charge in [-0.25, -0.2) is 0 Å². The summed E-state index contributed by atoms with van der Waals surface area (Å²) in [5, 5.41) is 3.90. The molecule has 9 aromatic rings. The van der Waals surface area contributed by atoms with Crippen LogP contribution in [0.3, 0.4) is 0 Å². The van der Waals surface area contributed by atoms with Crippen molar-refractivity contribution in [3.63, 3.8) is 0 Å². The monoisotopic (exact) mass is 681 g/mol. The zero-order valence-corrected chi connectivity index (χ0v) is 29.7. The molecule has 52 heavy (non-hydrogen) atoms. The van der Waals surface area contributed by atoms with Gasteiger partial charge in [-0.15, -0.1) is 11.3 Å². The molecule has 3 heterocycles. The lowest BCUT2D eigenvalue weighted by atomic mass is 9.63. The van der Waals surface area contributed by atoms with Crippen molar-refractivity contribution in [2.24, 2.45) is 0 Å². The van der Waals surface area contributed by atoms with E-state index in [9.17, 15) is 0 Å². The Bertz CT molecular complexity index is 2850. The van der Waals surface area contributed by atoms with Crippen LogP contribution in [0.4, 0.5) is 0 Å². The van der Waals surface area contributed by atoms with Crippen LogP contribution in [-0.2, 0) is 5.41 Å². The second-order valence-electron chi connectivity index (χ2n) is 13.6.